The molecule has 3 heteroatoms. The smallest absolute Gasteiger partial charge is 0.130 e. The predicted molar refractivity (Wildman–Crippen MR) is 126 cm³/mol. The average molecular weight is 412 g/mol. The molecule has 0 N–H and O–H groups in total. The number of hydrogen-bond donors (Lipinski definition) is 0. The van der Waals surface area contributed by atoms with E-state index in [1.807, 2.05) is 0 Å². The summed E-state index contributed by atoms with van der Waals surface area (Å²) in [5.74, 6) is 6.03. The van der Waals surface area contributed by atoms with Crippen molar-refractivity contribution in [1.82, 2.24) is 14.9 Å². The first kappa shape index (κ1) is 22.2. The maximum atomic E-state index is 4.60. The highest BCUT2D eigenvalue weighted by Crippen LogP contribution is 2.43. The van der Waals surface area contributed by atoms with Crippen LogP contribution in [0.4, 0.5) is 0 Å². The quantitative estimate of drug-likeness (QED) is 0.533. The molecule has 3 aliphatic rings. The molecule has 168 valence electrons. The zero-order valence-corrected chi connectivity index (χ0v) is 20.0. The number of aromatic nitrogens is 2. The first-order valence-corrected chi connectivity index (χ1v) is 13.1. The van der Waals surface area contributed by atoms with E-state index < -0.39 is 0 Å². The average Bonchev–Trinajstić information content (AvgIpc) is 2.79. The highest BCUT2D eigenvalue weighted by Gasteiger charge is 2.34. The first-order chi connectivity index (χ1) is 14.5. The van der Waals surface area contributed by atoms with Crippen LogP contribution in [-0.4, -0.2) is 34.0 Å². The van der Waals surface area contributed by atoms with E-state index in [1.165, 1.54) is 82.9 Å². The summed E-state index contributed by atoms with van der Waals surface area (Å²) in [6.45, 7) is 11.7. The summed E-state index contributed by atoms with van der Waals surface area (Å²) < 4.78 is 0. The van der Waals surface area contributed by atoms with Crippen molar-refractivity contribution in [3.8, 4) is 0 Å². The molecular formula is C27H45N3. The Kier molecular flexibility index (Phi) is 7.49. The lowest BCUT2D eigenvalue weighted by molar-refractivity contribution is 0.0790. The molecule has 3 nitrogen and oxygen atoms in total. The minimum absolute atomic E-state index is 0.418. The van der Waals surface area contributed by atoms with Gasteiger partial charge in [0.1, 0.15) is 5.82 Å². The largest absolute Gasteiger partial charge is 0.300 e. The van der Waals surface area contributed by atoms with Gasteiger partial charge in [0.25, 0.3) is 0 Å². The van der Waals surface area contributed by atoms with E-state index in [1.54, 1.807) is 0 Å². The molecule has 3 fully saturated rings. The number of rotatable bonds is 5. The Hall–Kier alpha value is -0.960. The lowest BCUT2D eigenvalue weighted by Gasteiger charge is -2.43. The van der Waals surface area contributed by atoms with Crippen molar-refractivity contribution in [2.24, 2.45) is 23.7 Å². The molecule has 2 heterocycles. The third-order valence-electron chi connectivity index (χ3n) is 8.89. The van der Waals surface area contributed by atoms with Gasteiger partial charge in [0, 0.05) is 24.4 Å². The molecule has 4 rings (SSSR count). The van der Waals surface area contributed by atoms with Gasteiger partial charge in [0.2, 0.25) is 0 Å². The van der Waals surface area contributed by atoms with Crippen molar-refractivity contribution in [1.29, 1.82) is 0 Å². The fourth-order valence-corrected chi connectivity index (χ4v) is 6.68. The monoisotopic (exact) mass is 411 g/mol. The Morgan fingerprint density at radius 3 is 1.77 bits per heavy atom. The van der Waals surface area contributed by atoms with Crippen LogP contribution in [0.15, 0.2) is 12.4 Å². The van der Waals surface area contributed by atoms with Gasteiger partial charge in [-0.3, -0.25) is 0 Å². The number of likely N-dealkylation sites (tertiary alicyclic amines) is 1. The molecule has 2 saturated carbocycles. The molecule has 1 aliphatic heterocycles. The molecule has 1 saturated heterocycles. The van der Waals surface area contributed by atoms with Gasteiger partial charge in [-0.05, 0) is 112 Å². The highest BCUT2D eigenvalue weighted by atomic mass is 15.2. The molecule has 0 radical (unpaired) electrons. The summed E-state index contributed by atoms with van der Waals surface area (Å²) in [5.41, 5.74) is 1.36. The summed E-state index contributed by atoms with van der Waals surface area (Å²) in [4.78, 5) is 12.0. The zero-order valence-electron chi connectivity index (χ0n) is 20.0. The van der Waals surface area contributed by atoms with Crippen LogP contribution in [0.5, 0.6) is 0 Å². The molecule has 0 spiro atoms. The second-order valence-electron chi connectivity index (χ2n) is 11.3. The van der Waals surface area contributed by atoms with Gasteiger partial charge < -0.3 is 4.90 Å². The maximum absolute atomic E-state index is 4.60. The lowest BCUT2D eigenvalue weighted by Crippen LogP contribution is -2.43. The third kappa shape index (κ3) is 5.26. The Balaban J connectivity index is 1.20. The molecule has 1 aromatic rings. The topological polar surface area (TPSA) is 29.0 Å². The molecule has 30 heavy (non-hydrogen) atoms. The van der Waals surface area contributed by atoms with Gasteiger partial charge in [-0.2, -0.15) is 0 Å². The summed E-state index contributed by atoms with van der Waals surface area (Å²) in [5, 5.41) is 0. The van der Waals surface area contributed by atoms with Gasteiger partial charge in [0.05, 0.1) is 0 Å². The van der Waals surface area contributed by atoms with E-state index in [-0.39, 0.29) is 0 Å². The van der Waals surface area contributed by atoms with E-state index in [4.69, 9.17) is 0 Å². The molecule has 0 unspecified atom stereocenters. The molecule has 0 amide bonds. The summed E-state index contributed by atoms with van der Waals surface area (Å²) >= 11 is 0. The van der Waals surface area contributed by atoms with Crippen molar-refractivity contribution < 1.29 is 0 Å². The van der Waals surface area contributed by atoms with Crippen LogP contribution in [0.1, 0.15) is 115 Å². The molecule has 0 aromatic carbocycles. The van der Waals surface area contributed by atoms with E-state index in [0.29, 0.717) is 11.8 Å². The molecule has 0 bridgehead atoms. The number of hydrogen-bond acceptors (Lipinski definition) is 3. The van der Waals surface area contributed by atoms with Crippen molar-refractivity contribution in [2.45, 2.75) is 110 Å². The maximum Gasteiger partial charge on any atom is 0.130 e. The molecule has 0 atom stereocenters. The Labute approximate surface area is 185 Å². The molecular weight excluding hydrogens is 366 g/mol. The Morgan fingerprint density at radius 1 is 0.733 bits per heavy atom. The van der Waals surface area contributed by atoms with Gasteiger partial charge in [-0.1, -0.05) is 27.7 Å². The van der Waals surface area contributed by atoms with Crippen LogP contribution >= 0.6 is 0 Å². The number of nitrogens with zero attached hydrogens (tertiary/aromatic N) is 3. The standard InChI is InChI=1S/C27H45N3/c1-19(2)21-5-7-22(8-6-21)23-9-11-26(12-10-23)30-15-13-24(14-16-30)25-17-28-27(20(3)4)29-18-25/h17-24,26H,5-16H2,1-4H3/t21-,22+,23?,26?. The van der Waals surface area contributed by atoms with Crippen LogP contribution < -0.4 is 0 Å². The summed E-state index contributed by atoms with van der Waals surface area (Å²) in [6.07, 6.45) is 18.7. The fraction of sp³-hybridized carbons (Fsp3) is 0.852. The number of piperidine rings is 1. The second kappa shape index (κ2) is 10.1. The van der Waals surface area contributed by atoms with Gasteiger partial charge >= 0.3 is 0 Å². The van der Waals surface area contributed by atoms with Gasteiger partial charge in [-0.25, -0.2) is 9.97 Å². The van der Waals surface area contributed by atoms with Crippen molar-refractivity contribution in [3.63, 3.8) is 0 Å². The van der Waals surface area contributed by atoms with Crippen LogP contribution in [0.2, 0.25) is 0 Å². The van der Waals surface area contributed by atoms with Crippen LogP contribution in [0, 0.1) is 23.7 Å². The first-order valence-electron chi connectivity index (χ1n) is 13.1. The van der Waals surface area contributed by atoms with E-state index in [2.05, 4.69) is 55.0 Å². The fourth-order valence-electron chi connectivity index (χ4n) is 6.68. The summed E-state index contributed by atoms with van der Waals surface area (Å²) in [7, 11) is 0. The Bertz CT molecular complexity index is 629. The predicted octanol–water partition coefficient (Wildman–Crippen LogP) is 6.80. The minimum Gasteiger partial charge on any atom is -0.300 e. The van der Waals surface area contributed by atoms with E-state index >= 15 is 0 Å². The van der Waals surface area contributed by atoms with Crippen molar-refractivity contribution in [3.05, 3.63) is 23.8 Å². The van der Waals surface area contributed by atoms with Crippen molar-refractivity contribution >= 4 is 0 Å². The molecule has 1 aromatic heterocycles. The SMILES string of the molecule is CC(C)c1ncc(C2CCN(C3CCC([C@H]4CC[C@@H](C(C)C)CC4)CC3)CC2)cn1. The van der Waals surface area contributed by atoms with Crippen LogP contribution in [0.3, 0.4) is 0 Å². The third-order valence-corrected chi connectivity index (χ3v) is 8.89. The highest BCUT2D eigenvalue weighted by molar-refractivity contribution is 5.14. The molecule has 2 aliphatic carbocycles. The van der Waals surface area contributed by atoms with Crippen LogP contribution in [-0.2, 0) is 0 Å². The van der Waals surface area contributed by atoms with Crippen LogP contribution in [0.25, 0.3) is 0 Å². The van der Waals surface area contributed by atoms with E-state index in [0.717, 1.165) is 35.5 Å². The van der Waals surface area contributed by atoms with Gasteiger partial charge in [0.15, 0.2) is 0 Å². The van der Waals surface area contributed by atoms with Gasteiger partial charge in [-0.15, -0.1) is 0 Å². The Morgan fingerprint density at radius 2 is 1.27 bits per heavy atom. The zero-order chi connectivity index (χ0) is 21.1. The second-order valence-corrected chi connectivity index (χ2v) is 11.3. The minimum atomic E-state index is 0.418. The lowest BCUT2D eigenvalue weighted by atomic mass is 9.68. The normalized spacial score (nSPS) is 32.1. The summed E-state index contributed by atoms with van der Waals surface area (Å²) in [6, 6.07) is 0.855. The van der Waals surface area contributed by atoms with E-state index in [9.17, 15) is 0 Å². The van der Waals surface area contributed by atoms with Crippen molar-refractivity contribution in [2.75, 3.05) is 13.1 Å².